The summed E-state index contributed by atoms with van der Waals surface area (Å²) in [6.45, 7) is -0.517. The van der Waals surface area contributed by atoms with Gasteiger partial charge in [0.15, 0.2) is 0 Å². The second-order valence-electron chi connectivity index (χ2n) is 5.23. The van der Waals surface area contributed by atoms with Gasteiger partial charge in [0.05, 0.1) is 34.8 Å². The van der Waals surface area contributed by atoms with Crippen LogP contribution in [-0.4, -0.2) is 34.2 Å². The third kappa shape index (κ3) is 4.94. The van der Waals surface area contributed by atoms with Crippen LogP contribution in [-0.2, 0) is 14.8 Å². The molecule has 0 aliphatic rings. The molecule has 0 unspecified atom stereocenters. The van der Waals surface area contributed by atoms with Crippen molar-refractivity contribution < 1.29 is 17.9 Å². The first-order valence-corrected chi connectivity index (χ1v) is 10.2. The van der Waals surface area contributed by atoms with Crippen molar-refractivity contribution >= 4 is 62.1 Å². The summed E-state index contributed by atoms with van der Waals surface area (Å²) in [6.07, 6.45) is 0.975. The molecule has 0 aliphatic carbocycles. The number of para-hydroxylation sites is 1. The molecule has 0 radical (unpaired) electrons. The topological polar surface area (TPSA) is 75.7 Å². The first kappa shape index (κ1) is 20.6. The molecule has 6 nitrogen and oxygen atoms in total. The summed E-state index contributed by atoms with van der Waals surface area (Å²) in [7, 11) is -2.42. The van der Waals surface area contributed by atoms with E-state index in [-0.39, 0.29) is 27.2 Å². The molecule has 0 atom stereocenters. The fourth-order valence-electron chi connectivity index (χ4n) is 2.17. The van der Waals surface area contributed by atoms with E-state index in [0.717, 1.165) is 10.6 Å². The van der Waals surface area contributed by atoms with Gasteiger partial charge in [0.2, 0.25) is 15.9 Å². The number of rotatable bonds is 6. The van der Waals surface area contributed by atoms with E-state index in [2.05, 4.69) is 5.32 Å². The molecule has 0 saturated carbocycles. The lowest BCUT2D eigenvalue weighted by Gasteiger charge is -2.24. The van der Waals surface area contributed by atoms with E-state index < -0.39 is 22.5 Å². The highest BCUT2D eigenvalue weighted by Crippen LogP contribution is 2.33. The maximum Gasteiger partial charge on any atom is 0.245 e. The molecule has 0 fully saturated rings. The zero-order chi connectivity index (χ0) is 19.5. The SMILES string of the molecule is COc1ccc(Cl)cc1N(CC(=O)Nc1c(Cl)cccc1Cl)S(C)(=O)=O. The van der Waals surface area contributed by atoms with Gasteiger partial charge in [-0.2, -0.15) is 0 Å². The zero-order valence-electron chi connectivity index (χ0n) is 13.8. The van der Waals surface area contributed by atoms with Gasteiger partial charge in [0.25, 0.3) is 0 Å². The van der Waals surface area contributed by atoms with Crippen LogP contribution in [0.5, 0.6) is 5.75 Å². The number of nitrogens with zero attached hydrogens (tertiary/aromatic N) is 1. The fourth-order valence-corrected chi connectivity index (χ4v) is 3.68. The number of ether oxygens (including phenoxy) is 1. The molecule has 0 aliphatic heterocycles. The van der Waals surface area contributed by atoms with Crippen molar-refractivity contribution in [2.24, 2.45) is 0 Å². The molecular formula is C16H15Cl3N2O4S. The normalized spacial score (nSPS) is 11.1. The highest BCUT2D eigenvalue weighted by molar-refractivity contribution is 7.92. The van der Waals surface area contributed by atoms with Crippen molar-refractivity contribution in [2.75, 3.05) is 29.5 Å². The fraction of sp³-hybridized carbons (Fsp3) is 0.188. The Balaban J connectivity index is 2.36. The van der Waals surface area contributed by atoms with E-state index in [1.807, 2.05) is 0 Å². The minimum absolute atomic E-state index is 0.142. The second-order valence-corrected chi connectivity index (χ2v) is 8.39. The van der Waals surface area contributed by atoms with Crippen LogP contribution in [0.1, 0.15) is 0 Å². The molecule has 2 aromatic carbocycles. The van der Waals surface area contributed by atoms with Crippen molar-refractivity contribution in [2.45, 2.75) is 0 Å². The Morgan fingerprint density at radius 2 is 1.77 bits per heavy atom. The quantitative estimate of drug-likeness (QED) is 0.739. The van der Waals surface area contributed by atoms with Crippen molar-refractivity contribution in [3.63, 3.8) is 0 Å². The molecule has 0 saturated heterocycles. The molecule has 26 heavy (non-hydrogen) atoms. The molecule has 1 amide bonds. The molecule has 0 heterocycles. The number of halogens is 3. The Morgan fingerprint density at radius 3 is 2.31 bits per heavy atom. The average Bonchev–Trinajstić information content (AvgIpc) is 2.55. The van der Waals surface area contributed by atoms with Crippen LogP contribution in [0.4, 0.5) is 11.4 Å². The number of carbonyl (C=O) groups excluding carboxylic acids is 1. The maximum absolute atomic E-state index is 12.4. The Morgan fingerprint density at radius 1 is 1.15 bits per heavy atom. The molecule has 2 rings (SSSR count). The van der Waals surface area contributed by atoms with Gasteiger partial charge >= 0.3 is 0 Å². The van der Waals surface area contributed by atoms with E-state index in [1.165, 1.54) is 19.2 Å². The van der Waals surface area contributed by atoms with Gasteiger partial charge in [-0.25, -0.2) is 8.42 Å². The molecule has 0 aromatic heterocycles. The van der Waals surface area contributed by atoms with Crippen LogP contribution >= 0.6 is 34.8 Å². The predicted octanol–water partition coefficient (Wildman–Crippen LogP) is 4.06. The van der Waals surface area contributed by atoms with E-state index >= 15 is 0 Å². The number of carbonyl (C=O) groups is 1. The lowest BCUT2D eigenvalue weighted by atomic mass is 10.3. The number of nitrogens with one attached hydrogen (secondary N) is 1. The number of amides is 1. The van der Waals surface area contributed by atoms with Crippen LogP contribution in [0, 0.1) is 0 Å². The van der Waals surface area contributed by atoms with Crippen LogP contribution in [0.25, 0.3) is 0 Å². The van der Waals surface area contributed by atoms with E-state index in [0.29, 0.717) is 5.02 Å². The van der Waals surface area contributed by atoms with Gasteiger partial charge in [-0.3, -0.25) is 9.10 Å². The van der Waals surface area contributed by atoms with Gasteiger partial charge < -0.3 is 10.1 Å². The summed E-state index contributed by atoms with van der Waals surface area (Å²) >= 11 is 18.0. The Bertz CT molecular complexity index is 915. The zero-order valence-corrected chi connectivity index (χ0v) is 16.9. The molecule has 140 valence electrons. The Kier molecular flexibility index (Phi) is 6.63. The van der Waals surface area contributed by atoms with Crippen LogP contribution in [0.2, 0.25) is 15.1 Å². The summed E-state index contributed by atoms with van der Waals surface area (Å²) < 4.78 is 30.5. The smallest absolute Gasteiger partial charge is 0.245 e. The minimum Gasteiger partial charge on any atom is -0.495 e. The van der Waals surface area contributed by atoms with Gasteiger partial charge in [-0.05, 0) is 30.3 Å². The third-order valence-corrected chi connectivity index (χ3v) is 5.32. The van der Waals surface area contributed by atoms with E-state index in [9.17, 15) is 13.2 Å². The summed E-state index contributed by atoms with van der Waals surface area (Å²) in [5.74, 6) is -0.379. The monoisotopic (exact) mass is 436 g/mol. The van der Waals surface area contributed by atoms with Gasteiger partial charge in [-0.1, -0.05) is 40.9 Å². The molecule has 0 spiro atoms. The summed E-state index contributed by atoms with van der Waals surface area (Å²) in [5, 5.41) is 3.28. The van der Waals surface area contributed by atoms with Crippen LogP contribution in [0.15, 0.2) is 36.4 Å². The number of anilines is 2. The number of methoxy groups -OCH3 is 1. The predicted molar refractivity (Wildman–Crippen MR) is 105 cm³/mol. The molecule has 1 N–H and O–H groups in total. The number of hydrogen-bond donors (Lipinski definition) is 1. The van der Waals surface area contributed by atoms with E-state index in [4.69, 9.17) is 39.5 Å². The maximum atomic E-state index is 12.4. The highest BCUT2D eigenvalue weighted by atomic mass is 35.5. The minimum atomic E-state index is -3.81. The lowest BCUT2D eigenvalue weighted by molar-refractivity contribution is -0.114. The van der Waals surface area contributed by atoms with Crippen LogP contribution < -0.4 is 14.4 Å². The highest BCUT2D eigenvalue weighted by Gasteiger charge is 2.25. The Hall–Kier alpha value is -1.67. The third-order valence-electron chi connectivity index (χ3n) is 3.32. The first-order chi connectivity index (χ1) is 12.1. The Labute approximate surface area is 166 Å². The number of hydrogen-bond acceptors (Lipinski definition) is 4. The van der Waals surface area contributed by atoms with E-state index in [1.54, 1.807) is 24.3 Å². The van der Waals surface area contributed by atoms with Crippen molar-refractivity contribution in [3.8, 4) is 5.75 Å². The van der Waals surface area contributed by atoms with Crippen LogP contribution in [0.3, 0.4) is 0 Å². The van der Waals surface area contributed by atoms with Crippen molar-refractivity contribution in [1.29, 1.82) is 0 Å². The van der Waals surface area contributed by atoms with Gasteiger partial charge in [-0.15, -0.1) is 0 Å². The largest absolute Gasteiger partial charge is 0.495 e. The van der Waals surface area contributed by atoms with Gasteiger partial charge in [0, 0.05) is 5.02 Å². The van der Waals surface area contributed by atoms with Crippen molar-refractivity contribution in [3.05, 3.63) is 51.5 Å². The molecule has 10 heteroatoms. The summed E-state index contributed by atoms with van der Waals surface area (Å²) in [4.78, 5) is 12.4. The van der Waals surface area contributed by atoms with Crippen molar-refractivity contribution in [1.82, 2.24) is 0 Å². The summed E-state index contributed by atoms with van der Waals surface area (Å²) in [5.41, 5.74) is 0.343. The number of sulfonamides is 1. The number of benzene rings is 2. The molecular weight excluding hydrogens is 423 g/mol. The average molecular weight is 438 g/mol. The molecule has 2 aromatic rings. The summed E-state index contributed by atoms with van der Waals surface area (Å²) in [6, 6.07) is 9.19. The standard InChI is InChI=1S/C16H15Cl3N2O4S/c1-25-14-7-6-10(17)8-13(14)21(26(2,23)24)9-15(22)20-16-11(18)4-3-5-12(16)19/h3-8H,9H2,1-2H3,(H,20,22). The lowest BCUT2D eigenvalue weighted by Crippen LogP contribution is -2.37. The first-order valence-electron chi connectivity index (χ1n) is 7.18. The van der Waals surface area contributed by atoms with Gasteiger partial charge in [0.1, 0.15) is 12.3 Å². The molecule has 0 bridgehead atoms. The second kappa shape index (κ2) is 8.35.